The van der Waals surface area contributed by atoms with Crippen LogP contribution < -0.4 is 0 Å². The largest absolute Gasteiger partial charge is 0.430 e. The van der Waals surface area contributed by atoms with E-state index >= 15 is 0 Å². The maximum atomic E-state index is 12.8. The monoisotopic (exact) mass is 498 g/mol. The Kier molecular flexibility index (Phi) is 8.80. The van der Waals surface area contributed by atoms with E-state index in [4.69, 9.17) is 4.74 Å². The zero-order valence-corrected chi connectivity index (χ0v) is 24.2. The molecular formula is C33H54O3. The van der Waals surface area contributed by atoms with Crippen molar-refractivity contribution in [3.8, 4) is 0 Å². The lowest BCUT2D eigenvalue weighted by molar-refractivity contribution is -0.143. The van der Waals surface area contributed by atoms with Gasteiger partial charge in [0.05, 0.1) is 6.10 Å². The molecule has 0 saturated heterocycles. The van der Waals surface area contributed by atoms with Gasteiger partial charge in [-0.25, -0.2) is 0 Å². The SMILES string of the molecule is CCCCCC(=O)OC1=C[C@@H](O)CC2=CC[C@@H]3[C@H](CC[C@]4(C)[C@@H]([C@H](C)CCCC(C)C)CC[C@@H]34)[C@]21C. The second-order valence-electron chi connectivity index (χ2n) is 13.8. The third-order valence-electron chi connectivity index (χ3n) is 11.2. The van der Waals surface area contributed by atoms with Crippen LogP contribution in [0.3, 0.4) is 0 Å². The van der Waals surface area contributed by atoms with E-state index in [1.165, 1.54) is 50.5 Å². The maximum Gasteiger partial charge on any atom is 0.310 e. The molecule has 204 valence electrons. The molecule has 4 rings (SSSR count). The Morgan fingerprint density at radius 3 is 2.58 bits per heavy atom. The van der Waals surface area contributed by atoms with Crippen molar-refractivity contribution in [3.05, 3.63) is 23.5 Å². The van der Waals surface area contributed by atoms with Crippen LogP contribution in [-0.4, -0.2) is 17.2 Å². The summed E-state index contributed by atoms with van der Waals surface area (Å²) in [6.07, 6.45) is 18.4. The summed E-state index contributed by atoms with van der Waals surface area (Å²) in [7, 11) is 0. The molecule has 0 amide bonds. The van der Waals surface area contributed by atoms with Crippen LogP contribution in [0, 0.1) is 46.3 Å². The summed E-state index contributed by atoms with van der Waals surface area (Å²) in [4.78, 5) is 12.8. The molecule has 2 fully saturated rings. The number of aliphatic hydroxyl groups is 1. The first-order valence-electron chi connectivity index (χ1n) is 15.4. The van der Waals surface area contributed by atoms with Crippen molar-refractivity contribution in [1.29, 1.82) is 0 Å². The predicted molar refractivity (Wildman–Crippen MR) is 148 cm³/mol. The molecule has 0 aliphatic heterocycles. The first-order chi connectivity index (χ1) is 17.1. The number of aliphatic hydroxyl groups excluding tert-OH is 1. The molecule has 8 atom stereocenters. The van der Waals surface area contributed by atoms with Crippen LogP contribution in [0.1, 0.15) is 125 Å². The van der Waals surface area contributed by atoms with Gasteiger partial charge in [-0.15, -0.1) is 0 Å². The van der Waals surface area contributed by atoms with Gasteiger partial charge < -0.3 is 9.84 Å². The van der Waals surface area contributed by atoms with Gasteiger partial charge in [-0.1, -0.05) is 78.4 Å². The topological polar surface area (TPSA) is 46.5 Å². The highest BCUT2D eigenvalue weighted by Crippen LogP contribution is 2.67. The average Bonchev–Trinajstić information content (AvgIpc) is 3.17. The standard InChI is InChI=1S/C33H54O3/c1-7-8-9-13-31(35)36-30-21-25(34)20-24-14-15-26-28-17-16-27(23(4)12-10-11-22(2)3)32(28,5)19-18-29(26)33(24,30)6/h14,21-23,25-29,34H,7-13,15-20H2,1-6H3/t23-,25+,26+,27-,28+,29+,32-,33+/m1/s1. The van der Waals surface area contributed by atoms with Gasteiger partial charge in [0.2, 0.25) is 0 Å². The zero-order valence-electron chi connectivity index (χ0n) is 24.2. The van der Waals surface area contributed by atoms with Crippen molar-refractivity contribution in [2.45, 2.75) is 131 Å². The van der Waals surface area contributed by atoms with E-state index in [0.29, 0.717) is 30.1 Å². The van der Waals surface area contributed by atoms with E-state index in [2.05, 4.69) is 47.6 Å². The van der Waals surface area contributed by atoms with E-state index in [1.54, 1.807) is 0 Å². The molecule has 0 unspecified atom stereocenters. The molecule has 0 heterocycles. The number of unbranched alkanes of at least 4 members (excludes halogenated alkanes) is 2. The molecule has 3 nitrogen and oxygen atoms in total. The van der Waals surface area contributed by atoms with Crippen molar-refractivity contribution in [3.63, 3.8) is 0 Å². The summed E-state index contributed by atoms with van der Waals surface area (Å²) in [5.74, 6) is 5.01. The fraction of sp³-hybridized carbons (Fsp3) is 0.848. The summed E-state index contributed by atoms with van der Waals surface area (Å²) in [6.45, 7) is 14.3. The highest BCUT2D eigenvalue weighted by Gasteiger charge is 2.60. The van der Waals surface area contributed by atoms with Gasteiger partial charge in [-0.3, -0.25) is 4.79 Å². The number of esters is 1. The molecule has 36 heavy (non-hydrogen) atoms. The molecule has 0 aromatic heterocycles. The van der Waals surface area contributed by atoms with Crippen molar-refractivity contribution in [2.75, 3.05) is 0 Å². The second-order valence-corrected chi connectivity index (χ2v) is 13.8. The Hall–Kier alpha value is -1.09. The summed E-state index contributed by atoms with van der Waals surface area (Å²) in [5.41, 5.74) is 1.51. The fourth-order valence-corrected chi connectivity index (χ4v) is 9.19. The molecule has 2 saturated carbocycles. The average molecular weight is 499 g/mol. The molecule has 0 aromatic rings. The predicted octanol–water partition coefficient (Wildman–Crippen LogP) is 8.62. The smallest absolute Gasteiger partial charge is 0.310 e. The third kappa shape index (κ3) is 5.25. The van der Waals surface area contributed by atoms with Crippen LogP contribution in [0.25, 0.3) is 0 Å². The van der Waals surface area contributed by atoms with E-state index < -0.39 is 6.10 Å². The molecule has 0 spiro atoms. The number of allylic oxidation sites excluding steroid dienone is 2. The van der Waals surface area contributed by atoms with E-state index in [-0.39, 0.29) is 11.4 Å². The van der Waals surface area contributed by atoms with Crippen LogP contribution in [0.5, 0.6) is 0 Å². The quantitative estimate of drug-likeness (QED) is 0.186. The van der Waals surface area contributed by atoms with Crippen molar-refractivity contribution < 1.29 is 14.6 Å². The summed E-state index contributed by atoms with van der Waals surface area (Å²) in [6, 6.07) is 0. The van der Waals surface area contributed by atoms with E-state index in [9.17, 15) is 9.90 Å². The highest BCUT2D eigenvalue weighted by atomic mass is 16.5. The Labute approximate surface area is 221 Å². The molecule has 0 radical (unpaired) electrons. The van der Waals surface area contributed by atoms with Gasteiger partial charge in [0.1, 0.15) is 5.76 Å². The van der Waals surface area contributed by atoms with Crippen LogP contribution >= 0.6 is 0 Å². The number of carbonyl (C=O) groups excluding carboxylic acids is 1. The Balaban J connectivity index is 1.52. The maximum absolute atomic E-state index is 12.8. The minimum Gasteiger partial charge on any atom is -0.430 e. The van der Waals surface area contributed by atoms with E-state index in [0.717, 1.165) is 55.1 Å². The van der Waals surface area contributed by atoms with Crippen LogP contribution in [0.4, 0.5) is 0 Å². The molecule has 3 heteroatoms. The highest BCUT2D eigenvalue weighted by molar-refractivity contribution is 5.71. The molecule has 0 aromatic carbocycles. The summed E-state index contributed by atoms with van der Waals surface area (Å²) < 4.78 is 6.11. The summed E-state index contributed by atoms with van der Waals surface area (Å²) in [5, 5.41) is 10.6. The normalized spacial score (nSPS) is 38.5. The van der Waals surface area contributed by atoms with Crippen LogP contribution in [-0.2, 0) is 9.53 Å². The van der Waals surface area contributed by atoms with Crippen molar-refractivity contribution >= 4 is 5.97 Å². The first-order valence-corrected chi connectivity index (χ1v) is 15.4. The molecule has 0 bridgehead atoms. The lowest BCUT2D eigenvalue weighted by Crippen LogP contribution is -2.51. The van der Waals surface area contributed by atoms with Gasteiger partial charge in [0.25, 0.3) is 0 Å². The van der Waals surface area contributed by atoms with Gasteiger partial charge in [0, 0.05) is 11.8 Å². The molecule has 4 aliphatic rings. The first kappa shape index (κ1) is 27.9. The Morgan fingerprint density at radius 2 is 1.86 bits per heavy atom. The number of hydrogen-bond donors (Lipinski definition) is 1. The fourth-order valence-electron chi connectivity index (χ4n) is 9.19. The van der Waals surface area contributed by atoms with Crippen LogP contribution in [0.15, 0.2) is 23.5 Å². The lowest BCUT2D eigenvalue weighted by Gasteiger charge is -2.58. The number of rotatable bonds is 10. The molecule has 1 N–H and O–H groups in total. The van der Waals surface area contributed by atoms with Crippen molar-refractivity contribution in [1.82, 2.24) is 0 Å². The number of carbonyl (C=O) groups is 1. The van der Waals surface area contributed by atoms with Crippen LogP contribution in [0.2, 0.25) is 0 Å². The lowest BCUT2D eigenvalue weighted by atomic mass is 9.47. The Bertz CT molecular complexity index is 840. The van der Waals surface area contributed by atoms with Gasteiger partial charge in [-0.05, 0) is 98.9 Å². The number of ether oxygens (including phenoxy) is 1. The van der Waals surface area contributed by atoms with Gasteiger partial charge in [-0.2, -0.15) is 0 Å². The van der Waals surface area contributed by atoms with E-state index in [1.807, 2.05) is 6.08 Å². The summed E-state index contributed by atoms with van der Waals surface area (Å²) >= 11 is 0. The number of fused-ring (bicyclic) bond motifs is 5. The van der Waals surface area contributed by atoms with Gasteiger partial charge in [0.15, 0.2) is 0 Å². The molecular weight excluding hydrogens is 444 g/mol. The molecule has 4 aliphatic carbocycles. The number of hydrogen-bond acceptors (Lipinski definition) is 3. The van der Waals surface area contributed by atoms with Gasteiger partial charge >= 0.3 is 5.97 Å². The minimum atomic E-state index is -0.546. The third-order valence-corrected chi connectivity index (χ3v) is 11.2. The Morgan fingerprint density at radius 1 is 1.08 bits per heavy atom. The second kappa shape index (κ2) is 11.3. The minimum absolute atomic E-state index is 0.122. The zero-order chi connectivity index (χ0) is 26.1. The van der Waals surface area contributed by atoms with Crippen molar-refractivity contribution in [2.24, 2.45) is 46.3 Å².